The highest BCUT2D eigenvalue weighted by Crippen LogP contribution is 2.20. The van der Waals surface area contributed by atoms with E-state index in [-0.39, 0.29) is 4.90 Å². The number of nitrogens with zero attached hydrogens (tertiary/aromatic N) is 2. The van der Waals surface area contributed by atoms with Gasteiger partial charge in [0, 0.05) is 7.05 Å². The first-order chi connectivity index (χ1) is 8.28. The molecule has 0 amide bonds. The second kappa shape index (κ2) is 5.42. The molecule has 1 rings (SSSR count). The predicted octanol–water partition coefficient (Wildman–Crippen LogP) is 1.75. The van der Waals surface area contributed by atoms with E-state index in [0.29, 0.717) is 15.4 Å². The average Bonchev–Trinajstić information content (AvgIpc) is 2.27. The molecule has 0 spiro atoms. The molecule has 0 atom stereocenters. The number of sulfonamides is 1. The zero-order chi connectivity index (χ0) is 13.9. The zero-order valence-corrected chi connectivity index (χ0v) is 10.7. The van der Waals surface area contributed by atoms with Crippen LogP contribution in [0.2, 0.25) is 0 Å². The van der Waals surface area contributed by atoms with Crippen LogP contribution >= 0.6 is 0 Å². The molecule has 0 saturated carbocycles. The maximum atomic E-state index is 12.2. The summed E-state index contributed by atoms with van der Waals surface area (Å²) in [5.74, 6) is 0. The van der Waals surface area contributed by atoms with Gasteiger partial charge in [-0.25, -0.2) is 17.2 Å². The molecule has 7 heteroatoms. The third kappa shape index (κ3) is 3.03. The molecule has 0 radical (unpaired) electrons. The summed E-state index contributed by atoms with van der Waals surface area (Å²) in [6.45, 7) is 0.658. The summed E-state index contributed by atoms with van der Waals surface area (Å²) >= 11 is 0. The first-order valence-electron chi connectivity index (χ1n) is 5.04. The van der Waals surface area contributed by atoms with E-state index in [4.69, 9.17) is 5.26 Å². The molecule has 1 aromatic rings. The molecule has 0 aromatic heterocycles. The first kappa shape index (κ1) is 14.5. The molecule has 1 aromatic carbocycles. The monoisotopic (exact) mass is 274 g/mol. The van der Waals surface area contributed by atoms with Crippen LogP contribution in [-0.4, -0.2) is 32.7 Å². The molecule has 98 valence electrons. The summed E-state index contributed by atoms with van der Waals surface area (Å²) in [6, 6.07) is 5.88. The standard InChI is InChI=1S/C11H12F2N2O2S/c1-8-5-9(6-14)3-4-10(8)18(16,17)15(2)7-11(12)13/h3-5,11H,7H2,1-2H3. The minimum absolute atomic E-state index is 0.0651. The molecular weight excluding hydrogens is 262 g/mol. The van der Waals surface area contributed by atoms with Gasteiger partial charge in [0.1, 0.15) is 0 Å². The highest BCUT2D eigenvalue weighted by atomic mass is 32.2. The van der Waals surface area contributed by atoms with Crippen molar-refractivity contribution in [3.8, 4) is 6.07 Å². The lowest BCUT2D eigenvalue weighted by atomic mass is 10.2. The van der Waals surface area contributed by atoms with E-state index in [1.54, 1.807) is 0 Å². The van der Waals surface area contributed by atoms with Gasteiger partial charge in [0.15, 0.2) is 0 Å². The zero-order valence-electron chi connectivity index (χ0n) is 9.89. The number of halogens is 2. The molecule has 18 heavy (non-hydrogen) atoms. The summed E-state index contributed by atoms with van der Waals surface area (Å²) in [7, 11) is -2.85. The number of aryl methyl sites for hydroxylation is 1. The number of nitriles is 1. The van der Waals surface area contributed by atoms with Crippen LogP contribution in [-0.2, 0) is 10.0 Å². The Morgan fingerprint density at radius 3 is 2.50 bits per heavy atom. The van der Waals surface area contributed by atoms with Crippen molar-refractivity contribution in [2.45, 2.75) is 18.2 Å². The van der Waals surface area contributed by atoms with Crippen molar-refractivity contribution in [1.29, 1.82) is 5.26 Å². The SMILES string of the molecule is Cc1cc(C#N)ccc1S(=O)(=O)N(C)CC(F)F. The van der Waals surface area contributed by atoms with E-state index in [9.17, 15) is 17.2 Å². The molecular formula is C11H12F2N2O2S. The van der Waals surface area contributed by atoms with E-state index < -0.39 is 23.0 Å². The predicted molar refractivity (Wildman–Crippen MR) is 61.7 cm³/mol. The lowest BCUT2D eigenvalue weighted by Crippen LogP contribution is -2.31. The summed E-state index contributed by atoms with van der Waals surface area (Å²) in [5, 5.41) is 8.67. The summed E-state index contributed by atoms with van der Waals surface area (Å²) in [5.41, 5.74) is 0.679. The van der Waals surface area contributed by atoms with Crippen LogP contribution in [0.1, 0.15) is 11.1 Å². The summed E-state index contributed by atoms with van der Waals surface area (Å²) in [6.07, 6.45) is -2.73. The molecule has 4 nitrogen and oxygen atoms in total. The van der Waals surface area contributed by atoms with Crippen LogP contribution in [0.25, 0.3) is 0 Å². The van der Waals surface area contributed by atoms with Crippen molar-refractivity contribution in [3.05, 3.63) is 29.3 Å². The van der Waals surface area contributed by atoms with Gasteiger partial charge in [-0.3, -0.25) is 0 Å². The van der Waals surface area contributed by atoms with E-state index in [0.717, 1.165) is 7.05 Å². The maximum absolute atomic E-state index is 12.2. The smallest absolute Gasteiger partial charge is 0.209 e. The molecule has 0 aliphatic heterocycles. The van der Waals surface area contributed by atoms with Crippen LogP contribution in [0.4, 0.5) is 8.78 Å². The molecule has 0 aliphatic carbocycles. The van der Waals surface area contributed by atoms with Crippen LogP contribution in [0.5, 0.6) is 0 Å². The van der Waals surface area contributed by atoms with E-state index in [1.165, 1.54) is 25.1 Å². The van der Waals surface area contributed by atoms with Gasteiger partial charge in [0.2, 0.25) is 10.0 Å². The van der Waals surface area contributed by atoms with Gasteiger partial charge in [0.25, 0.3) is 6.43 Å². The average molecular weight is 274 g/mol. The van der Waals surface area contributed by atoms with Crippen LogP contribution in [0.15, 0.2) is 23.1 Å². The van der Waals surface area contributed by atoms with Crippen molar-refractivity contribution >= 4 is 10.0 Å². The fraction of sp³-hybridized carbons (Fsp3) is 0.364. The van der Waals surface area contributed by atoms with E-state index in [2.05, 4.69) is 0 Å². The number of alkyl halides is 2. The Hall–Kier alpha value is -1.52. The van der Waals surface area contributed by atoms with Crippen LogP contribution < -0.4 is 0 Å². The topological polar surface area (TPSA) is 61.2 Å². The van der Waals surface area contributed by atoms with Crippen molar-refractivity contribution in [2.24, 2.45) is 0 Å². The van der Waals surface area contributed by atoms with Crippen molar-refractivity contribution < 1.29 is 17.2 Å². The number of hydrogen-bond acceptors (Lipinski definition) is 3. The Balaban J connectivity index is 3.17. The largest absolute Gasteiger partial charge is 0.252 e. The quantitative estimate of drug-likeness (QED) is 0.840. The van der Waals surface area contributed by atoms with Gasteiger partial charge in [-0.15, -0.1) is 0 Å². The molecule has 0 N–H and O–H groups in total. The normalized spacial score (nSPS) is 11.8. The number of benzene rings is 1. The van der Waals surface area contributed by atoms with Gasteiger partial charge < -0.3 is 0 Å². The Labute approximate surface area is 105 Å². The van der Waals surface area contributed by atoms with Crippen LogP contribution in [0, 0.1) is 18.3 Å². The number of rotatable bonds is 4. The first-order valence-corrected chi connectivity index (χ1v) is 6.48. The fourth-order valence-electron chi connectivity index (χ4n) is 1.47. The molecule has 0 bridgehead atoms. The van der Waals surface area contributed by atoms with Crippen molar-refractivity contribution in [3.63, 3.8) is 0 Å². The molecule has 0 aliphatic rings. The van der Waals surface area contributed by atoms with Gasteiger partial charge in [-0.2, -0.15) is 9.57 Å². The minimum atomic E-state index is -3.95. The Bertz CT molecular complexity index is 579. The Kier molecular flexibility index (Phi) is 4.38. The van der Waals surface area contributed by atoms with Gasteiger partial charge in [0.05, 0.1) is 23.1 Å². The van der Waals surface area contributed by atoms with Crippen molar-refractivity contribution in [2.75, 3.05) is 13.6 Å². The van der Waals surface area contributed by atoms with Gasteiger partial charge >= 0.3 is 0 Å². The van der Waals surface area contributed by atoms with Crippen molar-refractivity contribution in [1.82, 2.24) is 4.31 Å². The minimum Gasteiger partial charge on any atom is -0.209 e. The third-order valence-electron chi connectivity index (χ3n) is 2.39. The Morgan fingerprint density at radius 2 is 2.06 bits per heavy atom. The molecule has 0 heterocycles. The second-order valence-electron chi connectivity index (χ2n) is 3.77. The fourth-order valence-corrected chi connectivity index (χ4v) is 2.82. The molecule has 0 saturated heterocycles. The van der Waals surface area contributed by atoms with Gasteiger partial charge in [-0.1, -0.05) is 0 Å². The number of hydrogen-bond donors (Lipinski definition) is 0. The third-order valence-corrected chi connectivity index (χ3v) is 4.37. The molecule has 0 unspecified atom stereocenters. The summed E-state index contributed by atoms with van der Waals surface area (Å²) < 4.78 is 49.0. The summed E-state index contributed by atoms with van der Waals surface area (Å²) in [4.78, 5) is -0.0651. The highest BCUT2D eigenvalue weighted by Gasteiger charge is 2.25. The van der Waals surface area contributed by atoms with Gasteiger partial charge in [-0.05, 0) is 30.7 Å². The lowest BCUT2D eigenvalue weighted by molar-refractivity contribution is 0.126. The Morgan fingerprint density at radius 1 is 1.44 bits per heavy atom. The van der Waals surface area contributed by atoms with E-state index >= 15 is 0 Å². The van der Waals surface area contributed by atoms with E-state index in [1.807, 2.05) is 6.07 Å². The van der Waals surface area contributed by atoms with Crippen LogP contribution in [0.3, 0.4) is 0 Å². The lowest BCUT2D eigenvalue weighted by Gasteiger charge is -2.18. The molecule has 0 fully saturated rings. The second-order valence-corrected chi connectivity index (χ2v) is 5.78. The highest BCUT2D eigenvalue weighted by molar-refractivity contribution is 7.89. The maximum Gasteiger partial charge on any atom is 0.252 e.